The number of aliphatic hydroxyl groups excluding tert-OH is 4. The molecule has 0 aromatic heterocycles. The number of hydrogen-bond acceptors (Lipinski definition) is 10. The number of carbonyl (C=O) groups excluding carboxylic acids is 2. The maximum Gasteiger partial charge on any atom is 0.306 e. The van der Waals surface area contributed by atoms with Crippen molar-refractivity contribution >= 4 is 11.9 Å². The molecule has 2 unspecified atom stereocenters. The van der Waals surface area contributed by atoms with Gasteiger partial charge in [-0.2, -0.15) is 0 Å². The van der Waals surface area contributed by atoms with Crippen molar-refractivity contribution < 1.29 is 49.0 Å². The maximum atomic E-state index is 12.8. The molecule has 6 atom stereocenters. The Bertz CT molecular complexity index is 1050. The van der Waals surface area contributed by atoms with Gasteiger partial charge in [-0.3, -0.25) is 9.59 Å². The molecular formula is C51H94O10. The molecule has 0 aromatic rings. The molecule has 358 valence electrons. The molecule has 1 heterocycles. The van der Waals surface area contributed by atoms with E-state index in [1.165, 1.54) is 141 Å². The molecule has 1 saturated heterocycles. The Morgan fingerprint density at radius 3 is 1.39 bits per heavy atom. The molecule has 1 rings (SSSR count). The van der Waals surface area contributed by atoms with Crippen molar-refractivity contribution in [3.8, 4) is 0 Å². The summed E-state index contributed by atoms with van der Waals surface area (Å²) in [5.41, 5.74) is 0. The van der Waals surface area contributed by atoms with Crippen molar-refractivity contribution in [1.29, 1.82) is 0 Å². The van der Waals surface area contributed by atoms with Gasteiger partial charge in [0.2, 0.25) is 0 Å². The highest BCUT2D eigenvalue weighted by molar-refractivity contribution is 5.70. The molecular weight excluding hydrogens is 773 g/mol. The lowest BCUT2D eigenvalue weighted by Crippen LogP contribution is -2.59. The Hall–Kier alpha value is -1.82. The largest absolute Gasteiger partial charge is 0.462 e. The molecule has 0 aliphatic carbocycles. The average molecular weight is 867 g/mol. The van der Waals surface area contributed by atoms with Crippen molar-refractivity contribution in [2.45, 2.75) is 269 Å². The summed E-state index contributed by atoms with van der Waals surface area (Å²) in [6, 6.07) is 0. The lowest BCUT2D eigenvalue weighted by atomic mass is 9.99. The van der Waals surface area contributed by atoms with Gasteiger partial charge in [0.05, 0.1) is 13.2 Å². The van der Waals surface area contributed by atoms with Crippen LogP contribution in [0, 0.1) is 0 Å². The molecule has 0 saturated carbocycles. The molecule has 0 spiro atoms. The second-order valence-electron chi connectivity index (χ2n) is 17.6. The van der Waals surface area contributed by atoms with Crippen LogP contribution in [0.2, 0.25) is 0 Å². The van der Waals surface area contributed by atoms with E-state index < -0.39 is 49.4 Å². The Kier molecular flexibility index (Phi) is 39.5. The summed E-state index contributed by atoms with van der Waals surface area (Å²) in [6.45, 7) is 3.43. The monoisotopic (exact) mass is 867 g/mol. The van der Waals surface area contributed by atoms with Crippen molar-refractivity contribution in [2.24, 2.45) is 0 Å². The molecule has 10 heteroatoms. The number of aliphatic hydroxyl groups is 4. The lowest BCUT2D eigenvalue weighted by molar-refractivity contribution is -0.305. The van der Waals surface area contributed by atoms with Crippen LogP contribution in [0.15, 0.2) is 24.3 Å². The van der Waals surface area contributed by atoms with Crippen LogP contribution in [0.1, 0.15) is 232 Å². The fourth-order valence-corrected chi connectivity index (χ4v) is 7.81. The Balaban J connectivity index is 2.26. The highest BCUT2D eigenvalue weighted by Crippen LogP contribution is 2.23. The summed E-state index contributed by atoms with van der Waals surface area (Å²) in [6.07, 6.45) is 40.4. The van der Waals surface area contributed by atoms with E-state index in [1.54, 1.807) is 0 Å². The van der Waals surface area contributed by atoms with E-state index in [0.717, 1.165) is 57.8 Å². The van der Waals surface area contributed by atoms with E-state index in [0.29, 0.717) is 6.42 Å². The number of hydrogen-bond donors (Lipinski definition) is 4. The van der Waals surface area contributed by atoms with Crippen molar-refractivity contribution in [2.75, 3.05) is 19.8 Å². The first-order valence-electron chi connectivity index (χ1n) is 25.4. The van der Waals surface area contributed by atoms with Crippen LogP contribution in [-0.4, -0.2) is 89.0 Å². The molecule has 0 aromatic carbocycles. The number of ether oxygens (including phenoxy) is 4. The van der Waals surface area contributed by atoms with Crippen molar-refractivity contribution in [3.63, 3.8) is 0 Å². The minimum atomic E-state index is -1.59. The van der Waals surface area contributed by atoms with E-state index in [1.807, 2.05) is 0 Å². The van der Waals surface area contributed by atoms with Crippen LogP contribution in [0.4, 0.5) is 0 Å². The average Bonchev–Trinajstić information content (AvgIpc) is 3.26. The van der Waals surface area contributed by atoms with Gasteiger partial charge in [-0.25, -0.2) is 0 Å². The van der Waals surface area contributed by atoms with E-state index in [2.05, 4.69) is 38.2 Å². The van der Waals surface area contributed by atoms with E-state index in [-0.39, 0.29) is 32.0 Å². The summed E-state index contributed by atoms with van der Waals surface area (Å²) in [5, 5.41) is 40.2. The highest BCUT2D eigenvalue weighted by Gasteiger charge is 2.44. The summed E-state index contributed by atoms with van der Waals surface area (Å²) >= 11 is 0. The van der Waals surface area contributed by atoms with Crippen LogP contribution in [0.25, 0.3) is 0 Å². The van der Waals surface area contributed by atoms with Gasteiger partial charge in [0, 0.05) is 12.8 Å². The second kappa shape index (κ2) is 42.1. The summed E-state index contributed by atoms with van der Waals surface area (Å²) in [5.74, 6) is -0.804. The van der Waals surface area contributed by atoms with Gasteiger partial charge in [-0.05, 0) is 44.9 Å². The number of rotatable bonds is 43. The first-order valence-corrected chi connectivity index (χ1v) is 25.4. The number of allylic oxidation sites excluding steroid dienone is 4. The van der Waals surface area contributed by atoms with Gasteiger partial charge < -0.3 is 39.4 Å². The van der Waals surface area contributed by atoms with E-state index in [9.17, 15) is 30.0 Å². The maximum absolute atomic E-state index is 12.8. The molecule has 0 radical (unpaired) electrons. The standard InChI is InChI=1S/C51H94O10/c1-3-5-7-9-11-13-15-17-19-21-22-24-26-28-30-32-34-36-38-40-47(54)60-44(43-59-51-50(57)49(56)48(55)45(41-52)61-51)42-58-46(53)39-37-35-33-31-29-27-25-23-20-18-16-14-12-10-8-6-4-2/h12,14,18,20,44-45,48-52,55-57H,3-11,13,15-17,19,21-43H2,1-2H3/b14-12+,20-18+/t44-,45-,48+,49?,50?,51-/m1/s1. The third-order valence-corrected chi connectivity index (χ3v) is 11.8. The predicted molar refractivity (Wildman–Crippen MR) is 247 cm³/mol. The normalized spacial score (nSPS) is 19.9. The number of carbonyl (C=O) groups is 2. The zero-order valence-electron chi connectivity index (χ0n) is 39.2. The van der Waals surface area contributed by atoms with Gasteiger partial charge in [0.25, 0.3) is 0 Å². The molecule has 1 aliphatic heterocycles. The number of esters is 2. The van der Waals surface area contributed by atoms with Crippen LogP contribution in [0.3, 0.4) is 0 Å². The third kappa shape index (κ3) is 33.4. The molecule has 0 amide bonds. The van der Waals surface area contributed by atoms with Crippen LogP contribution in [-0.2, 0) is 28.5 Å². The Morgan fingerprint density at radius 1 is 0.508 bits per heavy atom. The van der Waals surface area contributed by atoms with Gasteiger partial charge in [0.15, 0.2) is 12.4 Å². The molecule has 1 fully saturated rings. The van der Waals surface area contributed by atoms with Crippen LogP contribution in [0.5, 0.6) is 0 Å². The van der Waals surface area contributed by atoms with E-state index in [4.69, 9.17) is 18.9 Å². The third-order valence-electron chi connectivity index (χ3n) is 11.8. The Labute approximate surface area is 373 Å². The van der Waals surface area contributed by atoms with E-state index >= 15 is 0 Å². The lowest BCUT2D eigenvalue weighted by Gasteiger charge is -2.39. The minimum Gasteiger partial charge on any atom is -0.462 e. The quantitative estimate of drug-likeness (QED) is 0.0265. The fourth-order valence-electron chi connectivity index (χ4n) is 7.81. The van der Waals surface area contributed by atoms with Crippen molar-refractivity contribution in [3.05, 3.63) is 24.3 Å². The first-order chi connectivity index (χ1) is 29.8. The molecule has 10 nitrogen and oxygen atoms in total. The van der Waals surface area contributed by atoms with Gasteiger partial charge >= 0.3 is 11.9 Å². The predicted octanol–water partition coefficient (Wildman–Crippen LogP) is 11.7. The zero-order valence-corrected chi connectivity index (χ0v) is 39.2. The minimum absolute atomic E-state index is 0.217. The molecule has 0 bridgehead atoms. The summed E-state index contributed by atoms with van der Waals surface area (Å²) in [7, 11) is 0. The topological polar surface area (TPSA) is 152 Å². The summed E-state index contributed by atoms with van der Waals surface area (Å²) < 4.78 is 22.2. The molecule has 61 heavy (non-hydrogen) atoms. The zero-order chi connectivity index (χ0) is 44.4. The Morgan fingerprint density at radius 2 is 0.918 bits per heavy atom. The van der Waals surface area contributed by atoms with Crippen LogP contribution >= 0.6 is 0 Å². The smallest absolute Gasteiger partial charge is 0.306 e. The second-order valence-corrected chi connectivity index (χ2v) is 17.6. The SMILES string of the molecule is CCCCC/C=C/C/C=C/CCCCCCCCCC(=O)OC[C@H](CO[C@@H]1O[C@H](CO)[C@H](O)C(O)C1O)OC(=O)CCCCCCCCCCCCCCCCCCCCC. The van der Waals surface area contributed by atoms with Gasteiger partial charge in [-0.1, -0.05) is 199 Å². The molecule has 4 N–H and O–H groups in total. The molecule has 1 aliphatic rings. The summed E-state index contributed by atoms with van der Waals surface area (Å²) in [4.78, 5) is 25.4. The fraction of sp³-hybridized carbons (Fsp3) is 0.882. The van der Waals surface area contributed by atoms with Crippen LogP contribution < -0.4 is 0 Å². The highest BCUT2D eigenvalue weighted by atomic mass is 16.7. The van der Waals surface area contributed by atoms with Gasteiger partial charge in [0.1, 0.15) is 31.0 Å². The number of unbranched alkanes of at least 4 members (excludes halogenated alkanes) is 28. The first kappa shape index (κ1) is 57.2. The van der Waals surface area contributed by atoms with Crippen molar-refractivity contribution in [1.82, 2.24) is 0 Å². The van der Waals surface area contributed by atoms with Gasteiger partial charge in [-0.15, -0.1) is 0 Å².